The second-order valence-corrected chi connectivity index (χ2v) is 11.9. The maximum Gasteiger partial charge on any atom is 0.258 e. The highest BCUT2D eigenvalue weighted by atomic mass is 35.5. The number of piperidine rings is 2. The quantitative estimate of drug-likeness (QED) is 0.177. The number of rotatable bonds is 6. The van der Waals surface area contributed by atoms with Crippen molar-refractivity contribution in [3.63, 3.8) is 0 Å². The van der Waals surface area contributed by atoms with E-state index in [0.29, 0.717) is 38.0 Å². The van der Waals surface area contributed by atoms with Gasteiger partial charge in [-0.3, -0.25) is 14.0 Å². The normalized spacial score (nSPS) is 16.0. The van der Waals surface area contributed by atoms with Gasteiger partial charge in [0.05, 0.1) is 49.3 Å². The molecule has 2 aliphatic rings. The van der Waals surface area contributed by atoms with E-state index in [9.17, 15) is 14.0 Å². The second-order valence-electron chi connectivity index (χ2n) is 10.8. The molecule has 2 saturated heterocycles. The van der Waals surface area contributed by atoms with Gasteiger partial charge < -0.3 is 24.9 Å². The van der Waals surface area contributed by atoms with Crippen molar-refractivity contribution in [1.29, 1.82) is 0 Å². The average Bonchev–Trinajstić information content (AvgIpc) is 3.09. The molecule has 11 nitrogen and oxygen atoms in total. The van der Waals surface area contributed by atoms with E-state index < -0.39 is 7.15 Å². The van der Waals surface area contributed by atoms with Crippen molar-refractivity contribution in [2.45, 2.75) is 50.9 Å². The molecule has 0 radical (unpaired) electrons. The number of ether oxygens (including phenoxy) is 1. The third-order valence-electron chi connectivity index (χ3n) is 7.65. The molecule has 6 rings (SSSR count). The summed E-state index contributed by atoms with van der Waals surface area (Å²) in [6, 6.07) is 3.11. The molecule has 0 unspecified atom stereocenters. The van der Waals surface area contributed by atoms with Crippen LogP contribution in [-0.2, 0) is 4.74 Å². The summed E-state index contributed by atoms with van der Waals surface area (Å²) in [5.41, 5.74) is 0.922. The summed E-state index contributed by atoms with van der Waals surface area (Å²) in [6.45, 7) is 7.67. The lowest BCUT2D eigenvalue weighted by Crippen LogP contribution is -2.36. The molecule has 46 heavy (non-hydrogen) atoms. The Morgan fingerprint density at radius 2 is 1.39 bits per heavy atom. The van der Waals surface area contributed by atoms with Crippen LogP contribution in [0.1, 0.15) is 63.9 Å². The number of nitrogens with zero attached hydrogens (tertiary/aromatic N) is 5. The predicted molar refractivity (Wildman–Crippen MR) is 184 cm³/mol. The number of nitrogens with one attached hydrogen (secondary N) is 3. The number of fused-ring (bicyclic) bond motifs is 2. The molecule has 2 aliphatic heterocycles. The molecule has 3 N–H and O–H groups in total. The highest BCUT2D eigenvalue weighted by Crippen LogP contribution is 2.26. The van der Waals surface area contributed by atoms with E-state index in [1.807, 2.05) is 6.92 Å². The minimum atomic E-state index is -1.00. The second kappa shape index (κ2) is 19.8. The molecular formula is C31H42Cl3FN8O3. The fourth-order valence-corrected chi connectivity index (χ4v) is 5.52. The highest BCUT2D eigenvalue weighted by molar-refractivity contribution is 6.30. The third kappa shape index (κ3) is 10.9. The van der Waals surface area contributed by atoms with Gasteiger partial charge in [-0.1, -0.05) is 30.1 Å². The molecule has 0 bridgehead atoms. The molecule has 0 atom stereocenters. The maximum absolute atomic E-state index is 12.2. The number of hydrogen-bond acceptors (Lipinski definition) is 9. The van der Waals surface area contributed by atoms with Crippen LogP contribution in [0.4, 0.5) is 4.39 Å². The number of aromatic amines is 2. The van der Waals surface area contributed by atoms with Gasteiger partial charge in [0.1, 0.15) is 22.0 Å². The first-order valence-electron chi connectivity index (χ1n) is 15.9. The third-order valence-corrected chi connectivity index (χ3v) is 8.45. The van der Waals surface area contributed by atoms with E-state index in [1.54, 1.807) is 31.6 Å². The number of hydrogen-bond donors (Lipinski definition) is 3. The summed E-state index contributed by atoms with van der Waals surface area (Å²) in [4.78, 5) is 49.4. The Labute approximate surface area is 284 Å². The van der Waals surface area contributed by atoms with E-state index in [-0.39, 0.29) is 17.0 Å². The number of alkyl halides is 2. The highest BCUT2D eigenvalue weighted by Gasteiger charge is 2.23. The lowest BCUT2D eigenvalue weighted by atomic mass is 9.96. The number of halogens is 4. The van der Waals surface area contributed by atoms with Crippen LogP contribution in [0.5, 0.6) is 0 Å². The van der Waals surface area contributed by atoms with Gasteiger partial charge >= 0.3 is 0 Å². The van der Waals surface area contributed by atoms with Crippen molar-refractivity contribution >= 4 is 56.6 Å². The van der Waals surface area contributed by atoms with Gasteiger partial charge in [0.2, 0.25) is 0 Å². The zero-order chi connectivity index (χ0) is 34.2. The molecule has 0 saturated carbocycles. The Balaban J connectivity index is 0.000000216. The monoisotopic (exact) mass is 699 g/mol. The SMILES string of the molecule is CCCCl.COCCN1CCC(c2nc3cnc(Cl)cc3c(=O)[nH]2)CC1.O=c1[nH]c(C2CCNCC2)nc2cnc(Cl)cc12.[2H]CF. The van der Waals surface area contributed by atoms with Crippen LogP contribution in [0.25, 0.3) is 21.8 Å². The smallest absolute Gasteiger partial charge is 0.258 e. The van der Waals surface area contributed by atoms with Gasteiger partial charge in [-0.2, -0.15) is 0 Å². The van der Waals surface area contributed by atoms with Crippen LogP contribution in [0, 0.1) is 0 Å². The van der Waals surface area contributed by atoms with Gasteiger partial charge in [0.15, 0.2) is 0 Å². The van der Waals surface area contributed by atoms with E-state index >= 15 is 0 Å². The van der Waals surface area contributed by atoms with Gasteiger partial charge in [-0.15, -0.1) is 11.6 Å². The standard InChI is InChI=1S/C15H19ClN4O2.C12H13ClN4O.C3H7Cl.CH3F/c1-22-7-6-20-4-2-10(3-5-20)14-18-12-9-17-13(16)8-11(12)15(21)19-14;13-10-5-8-9(6-15-10)16-11(17-12(8)18)7-1-3-14-4-2-7;1-2-3-4;1-2/h8-10H,2-7H2,1H3,(H,18,19,21);5-7,14H,1-4H2,(H,16,17,18);2-3H2,1H3;1H3/i;;;1D. The van der Waals surface area contributed by atoms with Crippen molar-refractivity contribution in [2.24, 2.45) is 0 Å². The van der Waals surface area contributed by atoms with Crippen LogP contribution >= 0.6 is 34.8 Å². The summed E-state index contributed by atoms with van der Waals surface area (Å²) in [7, 11) is 0.719. The Hall–Kier alpha value is -2.74. The lowest BCUT2D eigenvalue weighted by molar-refractivity contribution is 0.129. The van der Waals surface area contributed by atoms with Crippen molar-refractivity contribution in [1.82, 2.24) is 40.1 Å². The Morgan fingerprint density at radius 3 is 1.83 bits per heavy atom. The fraction of sp³-hybridized carbons (Fsp3) is 0.548. The van der Waals surface area contributed by atoms with E-state index in [1.165, 1.54) is 0 Å². The minimum absolute atomic E-state index is 0.141. The van der Waals surface area contributed by atoms with Crippen LogP contribution in [-0.4, -0.2) is 94.3 Å². The van der Waals surface area contributed by atoms with Crippen molar-refractivity contribution in [3.8, 4) is 0 Å². The summed E-state index contributed by atoms with van der Waals surface area (Å²) < 4.78 is 20.6. The summed E-state index contributed by atoms with van der Waals surface area (Å²) >= 11 is 16.8. The Kier molecular flexibility index (Phi) is 15.5. The average molecular weight is 701 g/mol. The topological polar surface area (TPSA) is 142 Å². The Bertz CT molecular complexity index is 1650. The molecule has 0 aliphatic carbocycles. The number of methoxy groups -OCH3 is 1. The molecule has 4 aromatic rings. The number of H-pyrrole nitrogens is 2. The molecule has 4 aromatic heterocycles. The fourth-order valence-electron chi connectivity index (χ4n) is 5.20. The molecule has 252 valence electrons. The van der Waals surface area contributed by atoms with Crippen LogP contribution in [0.3, 0.4) is 0 Å². The van der Waals surface area contributed by atoms with Crippen molar-refractivity contribution < 1.29 is 10.5 Å². The minimum Gasteiger partial charge on any atom is -0.383 e. The van der Waals surface area contributed by atoms with Gasteiger partial charge in [-0.25, -0.2) is 19.9 Å². The molecule has 6 heterocycles. The molecule has 15 heteroatoms. The molecule has 0 amide bonds. The van der Waals surface area contributed by atoms with E-state index in [4.69, 9.17) is 40.9 Å². The van der Waals surface area contributed by atoms with Crippen molar-refractivity contribution in [2.75, 3.05) is 59.5 Å². The van der Waals surface area contributed by atoms with Gasteiger partial charge in [-0.05, 0) is 70.4 Å². The van der Waals surface area contributed by atoms with Crippen molar-refractivity contribution in [3.05, 3.63) is 67.2 Å². The van der Waals surface area contributed by atoms with Crippen LogP contribution in [0.2, 0.25) is 10.3 Å². The largest absolute Gasteiger partial charge is 0.383 e. The van der Waals surface area contributed by atoms with Gasteiger partial charge in [0.25, 0.3) is 11.1 Å². The number of aromatic nitrogens is 6. The summed E-state index contributed by atoms with van der Waals surface area (Å²) in [5, 5.41) is 4.89. The first-order chi connectivity index (χ1) is 22.7. The van der Waals surface area contributed by atoms with E-state index in [2.05, 4.69) is 40.1 Å². The van der Waals surface area contributed by atoms with Crippen LogP contribution in [0.15, 0.2) is 34.1 Å². The molecule has 0 spiro atoms. The summed E-state index contributed by atoms with van der Waals surface area (Å²) in [5.74, 6) is 2.91. The predicted octanol–water partition coefficient (Wildman–Crippen LogP) is 5.46. The number of pyridine rings is 2. The van der Waals surface area contributed by atoms with E-state index in [0.717, 1.165) is 89.0 Å². The first-order valence-corrected chi connectivity index (χ1v) is 16.5. The lowest BCUT2D eigenvalue weighted by Gasteiger charge is -2.31. The van der Waals surface area contributed by atoms with Crippen LogP contribution < -0.4 is 16.4 Å². The summed E-state index contributed by atoms with van der Waals surface area (Å²) in [6.07, 6.45) is 8.16. The zero-order valence-electron chi connectivity index (χ0n) is 27.1. The van der Waals surface area contributed by atoms with Gasteiger partial charge in [0, 0.05) is 31.4 Å². The molecule has 2 fully saturated rings. The first kappa shape index (κ1) is 36.1. The maximum atomic E-state index is 12.2. The molecular weight excluding hydrogens is 658 g/mol. The number of likely N-dealkylation sites (tertiary alicyclic amines) is 1. The molecule has 0 aromatic carbocycles. The zero-order valence-corrected chi connectivity index (χ0v) is 28.4. The Morgan fingerprint density at radius 1 is 0.935 bits per heavy atom.